The van der Waals surface area contributed by atoms with Gasteiger partial charge in [0.15, 0.2) is 29.1 Å². The standard InChI is InChI=1S/C12H4F6/c13-6-3-4-7(14)11(17)9(6)5-1-2-8(15)12(18)10(5)16/h1-4H. The molecule has 0 saturated heterocycles. The smallest absolute Gasteiger partial charge is 0.195 e. The zero-order chi connectivity index (χ0) is 13.4. The number of rotatable bonds is 1. The molecule has 2 rings (SSSR count). The van der Waals surface area contributed by atoms with E-state index in [1.54, 1.807) is 0 Å². The lowest BCUT2D eigenvalue weighted by molar-refractivity contribution is 0.447. The highest BCUT2D eigenvalue weighted by Crippen LogP contribution is 2.31. The van der Waals surface area contributed by atoms with Gasteiger partial charge in [-0.1, -0.05) is 0 Å². The first-order valence-corrected chi connectivity index (χ1v) is 4.71. The van der Waals surface area contributed by atoms with Crippen LogP contribution in [0.2, 0.25) is 0 Å². The topological polar surface area (TPSA) is 0 Å². The van der Waals surface area contributed by atoms with Gasteiger partial charge in [-0.15, -0.1) is 0 Å². The Morgan fingerprint density at radius 2 is 1.00 bits per heavy atom. The second-order valence-electron chi connectivity index (χ2n) is 3.44. The van der Waals surface area contributed by atoms with Gasteiger partial charge in [-0.25, -0.2) is 26.3 Å². The summed E-state index contributed by atoms with van der Waals surface area (Å²) >= 11 is 0. The quantitative estimate of drug-likeness (QED) is 0.410. The molecule has 0 aliphatic heterocycles. The first-order valence-electron chi connectivity index (χ1n) is 4.71. The zero-order valence-electron chi connectivity index (χ0n) is 8.58. The van der Waals surface area contributed by atoms with E-state index in [0.29, 0.717) is 24.3 Å². The van der Waals surface area contributed by atoms with Crippen molar-refractivity contribution in [3.8, 4) is 11.1 Å². The van der Waals surface area contributed by atoms with Crippen LogP contribution in [0.5, 0.6) is 0 Å². The monoisotopic (exact) mass is 262 g/mol. The average molecular weight is 262 g/mol. The molecule has 0 fully saturated rings. The summed E-state index contributed by atoms with van der Waals surface area (Å²) < 4.78 is 78.6. The number of benzene rings is 2. The Hall–Kier alpha value is -1.98. The molecule has 2 aromatic rings. The lowest BCUT2D eigenvalue weighted by Crippen LogP contribution is -1.99. The lowest BCUT2D eigenvalue weighted by atomic mass is 10.0. The van der Waals surface area contributed by atoms with Gasteiger partial charge in [0.05, 0.1) is 5.56 Å². The Morgan fingerprint density at radius 3 is 1.67 bits per heavy atom. The van der Waals surface area contributed by atoms with Gasteiger partial charge in [0.25, 0.3) is 0 Å². The van der Waals surface area contributed by atoms with E-state index < -0.39 is 46.0 Å². The molecule has 0 amide bonds. The van der Waals surface area contributed by atoms with Crippen LogP contribution in [-0.2, 0) is 0 Å². The molecule has 6 heteroatoms. The zero-order valence-corrected chi connectivity index (χ0v) is 8.58. The normalized spacial score (nSPS) is 10.8. The Labute approximate surface area is 97.5 Å². The van der Waals surface area contributed by atoms with E-state index in [-0.39, 0.29) is 0 Å². The van der Waals surface area contributed by atoms with Gasteiger partial charge in [-0.2, -0.15) is 0 Å². The summed E-state index contributed by atoms with van der Waals surface area (Å²) in [5, 5.41) is 0. The van der Waals surface area contributed by atoms with E-state index in [2.05, 4.69) is 0 Å². The molecule has 94 valence electrons. The van der Waals surface area contributed by atoms with Gasteiger partial charge in [0, 0.05) is 5.56 Å². The molecule has 0 radical (unpaired) electrons. The highest BCUT2D eigenvalue weighted by atomic mass is 19.2. The molecule has 0 saturated carbocycles. The van der Waals surface area contributed by atoms with E-state index >= 15 is 0 Å². The lowest BCUT2D eigenvalue weighted by Gasteiger charge is -2.08. The van der Waals surface area contributed by atoms with Gasteiger partial charge in [0.1, 0.15) is 5.82 Å². The molecule has 0 nitrogen and oxygen atoms in total. The minimum atomic E-state index is -1.88. The highest BCUT2D eigenvalue weighted by molar-refractivity contribution is 5.65. The summed E-state index contributed by atoms with van der Waals surface area (Å²) in [6.07, 6.45) is 0. The summed E-state index contributed by atoms with van der Waals surface area (Å²) in [7, 11) is 0. The maximum atomic E-state index is 13.4. The third kappa shape index (κ3) is 1.83. The predicted octanol–water partition coefficient (Wildman–Crippen LogP) is 4.19. The summed E-state index contributed by atoms with van der Waals surface area (Å²) in [5.74, 6) is -9.53. The largest absolute Gasteiger partial charge is 0.206 e. The molecule has 0 unspecified atom stereocenters. The molecule has 2 aromatic carbocycles. The SMILES string of the molecule is Fc1ccc(-c2c(F)ccc(F)c2F)c(F)c1F. The van der Waals surface area contributed by atoms with Crippen LogP contribution in [-0.4, -0.2) is 0 Å². The first kappa shape index (κ1) is 12.5. The third-order valence-electron chi connectivity index (χ3n) is 2.35. The molecular formula is C12H4F6. The number of hydrogen-bond acceptors (Lipinski definition) is 0. The van der Waals surface area contributed by atoms with Crippen molar-refractivity contribution in [2.45, 2.75) is 0 Å². The van der Waals surface area contributed by atoms with Gasteiger partial charge in [-0.05, 0) is 24.3 Å². The molecule has 18 heavy (non-hydrogen) atoms. The average Bonchev–Trinajstić information content (AvgIpc) is 2.34. The van der Waals surface area contributed by atoms with Crippen LogP contribution >= 0.6 is 0 Å². The molecular weight excluding hydrogens is 258 g/mol. The molecule has 0 heterocycles. The molecule has 0 spiro atoms. The fourth-order valence-electron chi connectivity index (χ4n) is 1.49. The van der Waals surface area contributed by atoms with Crippen molar-refractivity contribution in [3.05, 3.63) is 59.2 Å². The van der Waals surface area contributed by atoms with Crippen molar-refractivity contribution in [2.75, 3.05) is 0 Å². The number of halogens is 6. The summed E-state index contributed by atoms with van der Waals surface area (Å²) in [4.78, 5) is 0. The van der Waals surface area contributed by atoms with Gasteiger partial charge < -0.3 is 0 Å². The van der Waals surface area contributed by atoms with Crippen molar-refractivity contribution in [1.29, 1.82) is 0 Å². The van der Waals surface area contributed by atoms with Crippen molar-refractivity contribution in [3.63, 3.8) is 0 Å². The Bertz CT molecular complexity index is 620. The van der Waals surface area contributed by atoms with Gasteiger partial charge >= 0.3 is 0 Å². The van der Waals surface area contributed by atoms with Crippen LogP contribution in [0.25, 0.3) is 11.1 Å². The molecule has 0 atom stereocenters. The summed E-state index contributed by atoms with van der Waals surface area (Å²) in [6, 6.07) is 2.20. The summed E-state index contributed by atoms with van der Waals surface area (Å²) in [6.45, 7) is 0. The van der Waals surface area contributed by atoms with Crippen LogP contribution in [0, 0.1) is 34.9 Å². The van der Waals surface area contributed by atoms with Crippen LogP contribution < -0.4 is 0 Å². The van der Waals surface area contributed by atoms with Gasteiger partial charge in [0.2, 0.25) is 0 Å². The molecule has 0 aliphatic carbocycles. The van der Waals surface area contributed by atoms with E-state index in [0.717, 1.165) is 0 Å². The van der Waals surface area contributed by atoms with E-state index in [1.807, 2.05) is 0 Å². The minimum absolute atomic E-state index is 0.498. The van der Waals surface area contributed by atoms with E-state index in [4.69, 9.17) is 0 Å². The Balaban J connectivity index is 2.78. The predicted molar refractivity (Wildman–Crippen MR) is 51.6 cm³/mol. The molecule has 0 aliphatic rings. The maximum absolute atomic E-state index is 13.4. The Morgan fingerprint density at radius 1 is 0.500 bits per heavy atom. The van der Waals surface area contributed by atoms with Gasteiger partial charge in [-0.3, -0.25) is 0 Å². The van der Waals surface area contributed by atoms with Crippen molar-refractivity contribution < 1.29 is 26.3 Å². The molecule has 0 N–H and O–H groups in total. The minimum Gasteiger partial charge on any atom is -0.206 e. The Kier molecular flexibility index (Phi) is 3.02. The molecule has 0 aromatic heterocycles. The van der Waals surface area contributed by atoms with Crippen LogP contribution in [0.1, 0.15) is 0 Å². The second kappa shape index (κ2) is 4.36. The molecule has 0 bridgehead atoms. The van der Waals surface area contributed by atoms with Crippen LogP contribution in [0.4, 0.5) is 26.3 Å². The second-order valence-corrected chi connectivity index (χ2v) is 3.44. The number of hydrogen-bond donors (Lipinski definition) is 0. The first-order chi connectivity index (χ1) is 8.43. The fraction of sp³-hybridized carbons (Fsp3) is 0. The van der Waals surface area contributed by atoms with Crippen molar-refractivity contribution in [2.24, 2.45) is 0 Å². The summed E-state index contributed by atoms with van der Waals surface area (Å²) in [5.41, 5.74) is -1.96. The fourth-order valence-corrected chi connectivity index (χ4v) is 1.49. The maximum Gasteiger partial charge on any atom is 0.195 e. The van der Waals surface area contributed by atoms with E-state index in [1.165, 1.54) is 0 Å². The third-order valence-corrected chi connectivity index (χ3v) is 2.35. The highest BCUT2D eigenvalue weighted by Gasteiger charge is 2.22. The van der Waals surface area contributed by atoms with E-state index in [9.17, 15) is 26.3 Å². The van der Waals surface area contributed by atoms with Crippen molar-refractivity contribution >= 4 is 0 Å². The van der Waals surface area contributed by atoms with Crippen LogP contribution in [0.3, 0.4) is 0 Å². The van der Waals surface area contributed by atoms with Crippen LogP contribution in [0.15, 0.2) is 24.3 Å². The van der Waals surface area contributed by atoms with Crippen molar-refractivity contribution in [1.82, 2.24) is 0 Å².